The van der Waals surface area contributed by atoms with Crippen molar-refractivity contribution in [3.05, 3.63) is 39.4 Å². The highest BCUT2D eigenvalue weighted by Gasteiger charge is 2.35. The number of carbonyl (C=O) groups excluding carboxylic acids is 1. The molecule has 7 nitrogen and oxygen atoms in total. The number of carboxylic acid groups (broad SMARTS) is 1. The fourth-order valence-corrected chi connectivity index (χ4v) is 2.11. The number of rotatable bonds is 5. The number of nitro benzene ring substituents is 1. The van der Waals surface area contributed by atoms with E-state index in [2.05, 4.69) is 0 Å². The van der Waals surface area contributed by atoms with Crippen LogP contribution < -0.4 is 0 Å². The summed E-state index contributed by atoms with van der Waals surface area (Å²) in [6.07, 6.45) is 1.54. The maximum absolute atomic E-state index is 12.4. The van der Waals surface area contributed by atoms with Crippen LogP contribution >= 0.6 is 0 Å². The largest absolute Gasteiger partial charge is 0.480 e. The van der Waals surface area contributed by atoms with Crippen LogP contribution in [0.25, 0.3) is 0 Å². The molecule has 1 amide bonds. The molecular weight excluding hydrogens is 264 g/mol. The third-order valence-electron chi connectivity index (χ3n) is 3.29. The Morgan fingerprint density at radius 1 is 1.45 bits per heavy atom. The highest BCUT2D eigenvalue weighted by Crippen LogP contribution is 2.30. The molecule has 1 aliphatic carbocycles. The van der Waals surface area contributed by atoms with Crippen LogP contribution in [0.15, 0.2) is 18.2 Å². The van der Waals surface area contributed by atoms with E-state index in [1.54, 1.807) is 0 Å². The zero-order valence-corrected chi connectivity index (χ0v) is 10.9. The van der Waals surface area contributed by atoms with Gasteiger partial charge in [-0.1, -0.05) is 6.07 Å². The van der Waals surface area contributed by atoms with Gasteiger partial charge in [0.15, 0.2) is 0 Å². The number of benzene rings is 1. The van der Waals surface area contributed by atoms with Gasteiger partial charge in [0.05, 0.1) is 4.92 Å². The van der Waals surface area contributed by atoms with E-state index in [9.17, 15) is 19.7 Å². The minimum atomic E-state index is -1.09. The molecule has 1 aromatic rings. The Hall–Kier alpha value is -2.44. The molecule has 106 valence electrons. The van der Waals surface area contributed by atoms with E-state index < -0.39 is 16.8 Å². The smallest absolute Gasteiger partial charge is 0.323 e. The van der Waals surface area contributed by atoms with Gasteiger partial charge in [0.2, 0.25) is 0 Å². The first-order valence-corrected chi connectivity index (χ1v) is 6.18. The Balaban J connectivity index is 2.34. The van der Waals surface area contributed by atoms with E-state index in [4.69, 9.17) is 5.11 Å². The lowest BCUT2D eigenvalue weighted by atomic mass is 10.1. The molecule has 1 N–H and O–H groups in total. The summed E-state index contributed by atoms with van der Waals surface area (Å²) in [6, 6.07) is 4.17. The number of amides is 1. The molecule has 1 saturated carbocycles. The Morgan fingerprint density at radius 3 is 2.60 bits per heavy atom. The van der Waals surface area contributed by atoms with Gasteiger partial charge in [0.1, 0.15) is 6.54 Å². The maximum atomic E-state index is 12.4. The van der Waals surface area contributed by atoms with Crippen LogP contribution in [0, 0.1) is 17.0 Å². The SMILES string of the molecule is Cc1c(C(=O)N(CC(=O)O)C2CC2)cccc1[N+](=O)[O-]. The van der Waals surface area contributed by atoms with Gasteiger partial charge >= 0.3 is 5.97 Å². The molecule has 1 aromatic carbocycles. The highest BCUT2D eigenvalue weighted by molar-refractivity contribution is 5.98. The highest BCUT2D eigenvalue weighted by atomic mass is 16.6. The van der Waals surface area contributed by atoms with E-state index in [1.165, 1.54) is 30.0 Å². The Morgan fingerprint density at radius 2 is 2.10 bits per heavy atom. The van der Waals surface area contributed by atoms with Gasteiger partial charge in [0.25, 0.3) is 11.6 Å². The summed E-state index contributed by atoms with van der Waals surface area (Å²) in [5.41, 5.74) is 0.313. The maximum Gasteiger partial charge on any atom is 0.323 e. The normalized spacial score (nSPS) is 13.8. The lowest BCUT2D eigenvalue weighted by molar-refractivity contribution is -0.385. The quantitative estimate of drug-likeness (QED) is 0.651. The van der Waals surface area contributed by atoms with Crippen molar-refractivity contribution in [1.82, 2.24) is 4.90 Å². The first-order valence-electron chi connectivity index (χ1n) is 6.18. The predicted octanol–water partition coefficient (Wildman–Crippen LogP) is 1.59. The number of nitro groups is 1. The fourth-order valence-electron chi connectivity index (χ4n) is 2.11. The second-order valence-corrected chi connectivity index (χ2v) is 4.76. The van der Waals surface area contributed by atoms with Crippen LogP contribution in [0.3, 0.4) is 0 Å². The molecule has 0 atom stereocenters. The standard InChI is InChI=1S/C13H14N2O5/c1-8-10(3-2-4-11(8)15(19)20)13(18)14(7-12(16)17)9-5-6-9/h2-4,9H,5-7H2,1H3,(H,16,17). The first kappa shape index (κ1) is 14.0. The van der Waals surface area contributed by atoms with Crippen LogP contribution in [-0.2, 0) is 4.79 Å². The first-order chi connectivity index (χ1) is 9.41. The molecule has 1 fully saturated rings. The van der Waals surface area contributed by atoms with Crippen molar-refractivity contribution in [2.45, 2.75) is 25.8 Å². The van der Waals surface area contributed by atoms with Crippen molar-refractivity contribution in [2.24, 2.45) is 0 Å². The topological polar surface area (TPSA) is 101 Å². The number of nitrogens with zero attached hydrogens (tertiary/aromatic N) is 2. The summed E-state index contributed by atoms with van der Waals surface area (Å²) in [5, 5.41) is 19.7. The fraction of sp³-hybridized carbons (Fsp3) is 0.385. The molecule has 0 radical (unpaired) electrons. The lowest BCUT2D eigenvalue weighted by Crippen LogP contribution is -2.37. The van der Waals surface area contributed by atoms with Crippen molar-refractivity contribution in [3.8, 4) is 0 Å². The third-order valence-corrected chi connectivity index (χ3v) is 3.29. The van der Waals surface area contributed by atoms with Crippen molar-refractivity contribution in [2.75, 3.05) is 6.54 Å². The monoisotopic (exact) mass is 278 g/mol. The minimum Gasteiger partial charge on any atom is -0.480 e. The number of carboxylic acids is 1. The summed E-state index contributed by atoms with van der Waals surface area (Å²) < 4.78 is 0. The zero-order chi connectivity index (χ0) is 14.9. The van der Waals surface area contributed by atoms with E-state index in [0.29, 0.717) is 0 Å². The second kappa shape index (κ2) is 5.28. The second-order valence-electron chi connectivity index (χ2n) is 4.76. The van der Waals surface area contributed by atoms with Gasteiger partial charge in [-0.05, 0) is 25.8 Å². The van der Waals surface area contributed by atoms with Gasteiger partial charge in [0, 0.05) is 23.2 Å². The predicted molar refractivity (Wildman–Crippen MR) is 69.5 cm³/mol. The Bertz CT molecular complexity index is 580. The summed E-state index contributed by atoms with van der Waals surface area (Å²) in [5.74, 6) is -1.55. The number of aliphatic carboxylic acids is 1. The van der Waals surface area contributed by atoms with Crippen molar-refractivity contribution in [3.63, 3.8) is 0 Å². The molecule has 2 rings (SSSR count). The van der Waals surface area contributed by atoms with Gasteiger partial charge in [-0.25, -0.2) is 0 Å². The van der Waals surface area contributed by atoms with Crippen LogP contribution in [0.4, 0.5) is 5.69 Å². The molecule has 0 heterocycles. The molecule has 20 heavy (non-hydrogen) atoms. The van der Waals surface area contributed by atoms with Crippen LogP contribution in [0.5, 0.6) is 0 Å². The van der Waals surface area contributed by atoms with Crippen molar-refractivity contribution >= 4 is 17.6 Å². The molecule has 0 unspecified atom stereocenters. The molecule has 0 aromatic heterocycles. The van der Waals surface area contributed by atoms with Crippen LogP contribution in [0.1, 0.15) is 28.8 Å². The molecule has 0 bridgehead atoms. The average molecular weight is 278 g/mol. The van der Waals surface area contributed by atoms with E-state index >= 15 is 0 Å². The van der Waals surface area contributed by atoms with E-state index in [0.717, 1.165) is 12.8 Å². The van der Waals surface area contributed by atoms with Gasteiger partial charge in [-0.2, -0.15) is 0 Å². The Labute approximate surface area is 115 Å². The number of hydrogen-bond donors (Lipinski definition) is 1. The van der Waals surface area contributed by atoms with Crippen LogP contribution in [0.2, 0.25) is 0 Å². The van der Waals surface area contributed by atoms with E-state index in [-0.39, 0.29) is 29.4 Å². The van der Waals surface area contributed by atoms with Crippen molar-refractivity contribution < 1.29 is 19.6 Å². The molecular formula is C13H14N2O5. The van der Waals surface area contributed by atoms with Gasteiger partial charge < -0.3 is 10.0 Å². The summed E-state index contributed by atoms with van der Waals surface area (Å²) in [7, 11) is 0. The summed E-state index contributed by atoms with van der Waals surface area (Å²) in [4.78, 5) is 34.8. The third kappa shape index (κ3) is 2.76. The average Bonchev–Trinajstić information content (AvgIpc) is 3.19. The summed E-state index contributed by atoms with van der Waals surface area (Å²) >= 11 is 0. The molecule has 1 aliphatic rings. The zero-order valence-electron chi connectivity index (χ0n) is 10.9. The van der Waals surface area contributed by atoms with Crippen molar-refractivity contribution in [1.29, 1.82) is 0 Å². The van der Waals surface area contributed by atoms with Gasteiger partial charge in [-0.3, -0.25) is 19.7 Å². The summed E-state index contributed by atoms with van der Waals surface area (Å²) in [6.45, 7) is 1.11. The molecule has 7 heteroatoms. The molecule has 0 aliphatic heterocycles. The number of hydrogen-bond acceptors (Lipinski definition) is 4. The molecule has 0 saturated heterocycles. The van der Waals surface area contributed by atoms with Gasteiger partial charge in [-0.15, -0.1) is 0 Å². The minimum absolute atomic E-state index is 0.0720. The van der Waals surface area contributed by atoms with E-state index in [1.807, 2.05) is 0 Å². The lowest BCUT2D eigenvalue weighted by Gasteiger charge is -2.21. The number of carbonyl (C=O) groups is 2. The molecule has 0 spiro atoms. The Kier molecular flexibility index (Phi) is 3.69. The van der Waals surface area contributed by atoms with Crippen LogP contribution in [-0.4, -0.2) is 39.4 Å².